The van der Waals surface area contributed by atoms with E-state index in [1.54, 1.807) is 0 Å². The number of carbonyl (C=O) groups excluding carboxylic acids is 1. The van der Waals surface area contributed by atoms with Crippen LogP contribution in [0.5, 0.6) is 0 Å². The van der Waals surface area contributed by atoms with E-state index in [-0.39, 0.29) is 17.9 Å². The summed E-state index contributed by atoms with van der Waals surface area (Å²) in [5.41, 5.74) is 3.18. The van der Waals surface area contributed by atoms with Gasteiger partial charge in [0.2, 0.25) is 0 Å². The van der Waals surface area contributed by atoms with E-state index in [0.717, 1.165) is 30.7 Å². The lowest BCUT2D eigenvalue weighted by Crippen LogP contribution is -2.38. The van der Waals surface area contributed by atoms with Crippen molar-refractivity contribution >= 4 is 17.4 Å². The Hall–Kier alpha value is -1.76. The van der Waals surface area contributed by atoms with Gasteiger partial charge in [-0.3, -0.25) is 9.89 Å². The van der Waals surface area contributed by atoms with Crippen molar-refractivity contribution in [3.05, 3.63) is 28.0 Å². The molecular formula is C13H17N5OS. The second kappa shape index (κ2) is 5.32. The third-order valence-corrected chi connectivity index (χ3v) is 4.36. The van der Waals surface area contributed by atoms with Crippen LogP contribution < -0.4 is 5.32 Å². The smallest absolute Gasteiger partial charge is 0.265 e. The molecular weight excluding hydrogens is 274 g/mol. The Bertz CT molecular complexity index is 618. The highest BCUT2D eigenvalue weighted by atomic mass is 32.1. The van der Waals surface area contributed by atoms with Crippen LogP contribution in [-0.2, 0) is 12.8 Å². The number of aromatic amines is 1. The zero-order valence-electron chi connectivity index (χ0n) is 11.5. The van der Waals surface area contributed by atoms with E-state index in [0.29, 0.717) is 4.88 Å². The van der Waals surface area contributed by atoms with Gasteiger partial charge in [-0.2, -0.15) is 5.10 Å². The first-order chi connectivity index (χ1) is 9.65. The van der Waals surface area contributed by atoms with Crippen LogP contribution in [0.1, 0.15) is 52.8 Å². The fourth-order valence-corrected chi connectivity index (χ4v) is 3.24. The van der Waals surface area contributed by atoms with Crippen LogP contribution in [0.4, 0.5) is 0 Å². The molecule has 1 amide bonds. The van der Waals surface area contributed by atoms with Gasteiger partial charge in [0.1, 0.15) is 4.88 Å². The molecule has 2 N–H and O–H groups in total. The van der Waals surface area contributed by atoms with E-state index >= 15 is 0 Å². The van der Waals surface area contributed by atoms with E-state index < -0.39 is 0 Å². The maximum atomic E-state index is 12.3. The topological polar surface area (TPSA) is 83.6 Å². The highest BCUT2D eigenvalue weighted by Gasteiger charge is 2.25. The lowest BCUT2D eigenvalue weighted by Gasteiger charge is -2.22. The van der Waals surface area contributed by atoms with Gasteiger partial charge in [-0.25, -0.2) is 0 Å². The van der Waals surface area contributed by atoms with Gasteiger partial charge in [0.25, 0.3) is 5.91 Å². The summed E-state index contributed by atoms with van der Waals surface area (Å²) >= 11 is 1.17. The van der Waals surface area contributed by atoms with Crippen LogP contribution in [0.15, 0.2) is 6.20 Å². The summed E-state index contributed by atoms with van der Waals surface area (Å²) in [6, 6.07) is 0.151. The predicted octanol–water partition coefficient (Wildman–Crippen LogP) is 1.67. The number of fused-ring (bicyclic) bond motifs is 1. The molecule has 0 aliphatic heterocycles. The third kappa shape index (κ3) is 2.45. The van der Waals surface area contributed by atoms with E-state index in [1.807, 2.05) is 20.0 Å². The number of hydrogen-bond donors (Lipinski definition) is 2. The molecule has 3 rings (SSSR count). The van der Waals surface area contributed by atoms with Crippen LogP contribution in [0.2, 0.25) is 0 Å². The molecule has 0 saturated heterocycles. The number of H-pyrrole nitrogens is 1. The molecule has 7 heteroatoms. The second-order valence-electron chi connectivity index (χ2n) is 5.43. The molecule has 2 aromatic rings. The van der Waals surface area contributed by atoms with Crippen molar-refractivity contribution in [1.29, 1.82) is 0 Å². The van der Waals surface area contributed by atoms with Gasteiger partial charge in [0.15, 0.2) is 0 Å². The van der Waals surface area contributed by atoms with E-state index in [9.17, 15) is 4.79 Å². The van der Waals surface area contributed by atoms with Gasteiger partial charge in [0.05, 0.1) is 11.9 Å². The van der Waals surface area contributed by atoms with Crippen LogP contribution in [0, 0.1) is 0 Å². The minimum Gasteiger partial charge on any atom is -0.348 e. The maximum absolute atomic E-state index is 12.3. The number of nitrogens with one attached hydrogen (secondary N) is 2. The lowest BCUT2D eigenvalue weighted by molar-refractivity contribution is 0.0936. The van der Waals surface area contributed by atoms with Crippen LogP contribution in [0.25, 0.3) is 0 Å². The van der Waals surface area contributed by atoms with Crippen molar-refractivity contribution in [3.8, 4) is 0 Å². The Kier molecular flexibility index (Phi) is 3.52. The number of carbonyl (C=O) groups is 1. The highest BCUT2D eigenvalue weighted by molar-refractivity contribution is 7.08. The SMILES string of the molecule is CC(C)c1nnsc1C(=O)N[C@H]1CCc2cn[nH]c2C1. The van der Waals surface area contributed by atoms with E-state index in [1.165, 1.54) is 17.1 Å². The Morgan fingerprint density at radius 2 is 2.40 bits per heavy atom. The highest BCUT2D eigenvalue weighted by Crippen LogP contribution is 2.22. The van der Waals surface area contributed by atoms with Crippen LogP contribution in [0.3, 0.4) is 0 Å². The van der Waals surface area contributed by atoms with E-state index in [2.05, 4.69) is 25.1 Å². The maximum Gasteiger partial charge on any atom is 0.265 e. The van der Waals surface area contributed by atoms with Gasteiger partial charge in [-0.1, -0.05) is 18.3 Å². The van der Waals surface area contributed by atoms with Crippen molar-refractivity contribution in [2.45, 2.75) is 45.1 Å². The fourth-order valence-electron chi connectivity index (χ4n) is 2.52. The number of amides is 1. The Morgan fingerprint density at radius 1 is 1.55 bits per heavy atom. The molecule has 0 aromatic carbocycles. The zero-order chi connectivity index (χ0) is 14.1. The predicted molar refractivity (Wildman–Crippen MR) is 75.9 cm³/mol. The number of nitrogens with zero attached hydrogens (tertiary/aromatic N) is 3. The Labute approximate surface area is 121 Å². The van der Waals surface area contributed by atoms with Crippen molar-refractivity contribution in [3.63, 3.8) is 0 Å². The van der Waals surface area contributed by atoms with Gasteiger partial charge in [-0.05, 0) is 35.9 Å². The summed E-state index contributed by atoms with van der Waals surface area (Å²) in [4.78, 5) is 13.0. The standard InChI is InChI=1S/C13H17N5OS/c1-7(2)11-12(20-18-17-11)13(19)15-9-4-3-8-6-14-16-10(8)5-9/h6-7,9H,3-5H2,1-2H3,(H,14,16)(H,15,19)/t9-/m0/s1. The van der Waals surface area contributed by atoms with Crippen LogP contribution in [-0.4, -0.2) is 31.7 Å². The summed E-state index contributed by atoms with van der Waals surface area (Å²) in [6.07, 6.45) is 4.58. The Balaban J connectivity index is 1.69. The monoisotopic (exact) mass is 291 g/mol. The average Bonchev–Trinajstić information content (AvgIpc) is 3.06. The van der Waals surface area contributed by atoms with Crippen molar-refractivity contribution < 1.29 is 4.79 Å². The number of hydrogen-bond acceptors (Lipinski definition) is 5. The molecule has 2 aromatic heterocycles. The normalized spacial score (nSPS) is 18.1. The number of rotatable bonds is 3. The molecule has 0 spiro atoms. The summed E-state index contributed by atoms with van der Waals surface area (Å²) in [7, 11) is 0. The summed E-state index contributed by atoms with van der Waals surface area (Å²) in [5, 5.41) is 14.2. The van der Waals surface area contributed by atoms with Crippen molar-refractivity contribution in [2.24, 2.45) is 0 Å². The summed E-state index contributed by atoms with van der Waals surface area (Å²) in [5.74, 6) is 0.150. The number of aryl methyl sites for hydroxylation is 1. The molecule has 1 aliphatic rings. The molecule has 0 fully saturated rings. The average molecular weight is 291 g/mol. The second-order valence-corrected chi connectivity index (χ2v) is 6.18. The molecule has 1 atom stereocenters. The minimum atomic E-state index is -0.0586. The van der Waals surface area contributed by atoms with Gasteiger partial charge in [-0.15, -0.1) is 5.10 Å². The van der Waals surface area contributed by atoms with Crippen molar-refractivity contribution in [2.75, 3.05) is 0 Å². The Morgan fingerprint density at radius 3 is 3.20 bits per heavy atom. The number of aromatic nitrogens is 4. The molecule has 0 unspecified atom stereocenters. The first kappa shape index (κ1) is 13.2. The molecule has 1 aliphatic carbocycles. The quantitative estimate of drug-likeness (QED) is 0.901. The lowest BCUT2D eigenvalue weighted by atomic mass is 9.93. The third-order valence-electron chi connectivity index (χ3n) is 3.62. The molecule has 0 saturated carbocycles. The summed E-state index contributed by atoms with van der Waals surface area (Å²) in [6.45, 7) is 4.04. The molecule has 20 heavy (non-hydrogen) atoms. The van der Waals surface area contributed by atoms with Gasteiger partial charge in [0, 0.05) is 18.2 Å². The van der Waals surface area contributed by atoms with Crippen molar-refractivity contribution in [1.82, 2.24) is 25.1 Å². The fraction of sp³-hybridized carbons (Fsp3) is 0.538. The molecule has 106 valence electrons. The summed E-state index contributed by atoms with van der Waals surface area (Å²) < 4.78 is 3.90. The minimum absolute atomic E-state index is 0.0586. The first-order valence-corrected chi connectivity index (χ1v) is 7.56. The zero-order valence-corrected chi connectivity index (χ0v) is 12.3. The largest absolute Gasteiger partial charge is 0.348 e. The molecule has 0 radical (unpaired) electrons. The van der Waals surface area contributed by atoms with Gasteiger partial charge < -0.3 is 5.32 Å². The molecule has 6 nitrogen and oxygen atoms in total. The first-order valence-electron chi connectivity index (χ1n) is 6.79. The van der Waals surface area contributed by atoms with E-state index in [4.69, 9.17) is 0 Å². The molecule has 2 heterocycles. The van der Waals surface area contributed by atoms with Gasteiger partial charge >= 0.3 is 0 Å². The van der Waals surface area contributed by atoms with Crippen LogP contribution >= 0.6 is 11.5 Å². The molecule has 0 bridgehead atoms.